The van der Waals surface area contributed by atoms with Crippen molar-refractivity contribution < 1.29 is 4.74 Å². The van der Waals surface area contributed by atoms with Crippen molar-refractivity contribution in [2.24, 2.45) is 5.73 Å². The summed E-state index contributed by atoms with van der Waals surface area (Å²) < 4.78 is 6.51. The molecular weight excluding hydrogens is 210 g/mol. The van der Waals surface area contributed by atoms with E-state index < -0.39 is 0 Å². The molecule has 2 atom stereocenters. The molecule has 1 fully saturated rings. The molecule has 5 heteroatoms. The zero-order chi connectivity index (χ0) is 10.3. The lowest BCUT2D eigenvalue weighted by atomic mass is 10.1. The van der Waals surface area contributed by atoms with Crippen LogP contribution in [0.5, 0.6) is 0 Å². The fourth-order valence-corrected chi connectivity index (χ4v) is 2.88. The molecule has 0 radical (unpaired) electrons. The molecule has 0 aromatic carbocycles. The van der Waals surface area contributed by atoms with Crippen LogP contribution in [0.15, 0.2) is 18.5 Å². The maximum atomic E-state index is 5.96. The minimum absolute atomic E-state index is 0.0820. The second-order valence-corrected chi connectivity index (χ2v) is 4.77. The van der Waals surface area contributed by atoms with E-state index in [0.717, 1.165) is 10.5 Å². The van der Waals surface area contributed by atoms with Crippen LogP contribution in [0.25, 0.3) is 10.2 Å². The van der Waals surface area contributed by atoms with Gasteiger partial charge in [-0.3, -0.25) is 4.98 Å². The van der Waals surface area contributed by atoms with Gasteiger partial charge in [-0.25, -0.2) is 4.98 Å². The van der Waals surface area contributed by atoms with Crippen molar-refractivity contribution >= 4 is 21.6 Å². The molecule has 1 aliphatic heterocycles. The fraction of sp³-hybridized carbons (Fsp3) is 0.400. The smallest absolute Gasteiger partial charge is 0.101 e. The van der Waals surface area contributed by atoms with Crippen molar-refractivity contribution in [3.05, 3.63) is 23.5 Å². The minimum Gasteiger partial charge on any atom is -0.379 e. The van der Waals surface area contributed by atoms with Crippen LogP contribution in [0.1, 0.15) is 10.9 Å². The van der Waals surface area contributed by atoms with Gasteiger partial charge in [0.2, 0.25) is 0 Å². The third-order valence-electron chi connectivity index (χ3n) is 2.65. The number of thiazole rings is 1. The van der Waals surface area contributed by atoms with E-state index in [1.54, 1.807) is 23.7 Å². The van der Waals surface area contributed by atoms with Gasteiger partial charge in [-0.15, -0.1) is 11.3 Å². The number of nitrogens with two attached hydrogens (primary N) is 1. The lowest BCUT2D eigenvalue weighted by Crippen LogP contribution is -2.26. The van der Waals surface area contributed by atoms with Crippen LogP contribution in [0.2, 0.25) is 0 Å². The lowest BCUT2D eigenvalue weighted by molar-refractivity contribution is 0.191. The molecule has 2 N–H and O–H groups in total. The number of aromatic nitrogens is 2. The molecule has 4 nitrogen and oxygen atoms in total. The molecule has 3 heterocycles. The van der Waals surface area contributed by atoms with Gasteiger partial charge in [0.05, 0.1) is 35.5 Å². The third-order valence-corrected chi connectivity index (χ3v) is 3.82. The summed E-state index contributed by atoms with van der Waals surface area (Å²) in [6.07, 6.45) is 3.58. The van der Waals surface area contributed by atoms with E-state index in [9.17, 15) is 0 Å². The maximum Gasteiger partial charge on any atom is 0.101 e. The number of nitrogens with zero attached hydrogens (tertiary/aromatic N) is 2. The standard InChI is InChI=1S/C10H11N3OS/c11-7-5-14-4-6(7)10-13-8-3-12-2-1-9(8)15-10/h1-3,6-7H,4-5,11H2. The Labute approximate surface area is 91.1 Å². The molecule has 0 bridgehead atoms. The molecule has 2 unspecified atom stereocenters. The van der Waals surface area contributed by atoms with Crippen molar-refractivity contribution in [3.63, 3.8) is 0 Å². The van der Waals surface area contributed by atoms with Crippen molar-refractivity contribution in [3.8, 4) is 0 Å². The van der Waals surface area contributed by atoms with E-state index >= 15 is 0 Å². The predicted molar refractivity (Wildman–Crippen MR) is 59.0 cm³/mol. The fourth-order valence-electron chi connectivity index (χ4n) is 1.78. The normalized spacial score (nSPS) is 26.2. The summed E-state index contributed by atoms with van der Waals surface area (Å²) in [5.74, 6) is 0.252. The van der Waals surface area contributed by atoms with E-state index in [0.29, 0.717) is 13.2 Å². The van der Waals surface area contributed by atoms with Crippen LogP contribution in [-0.4, -0.2) is 29.2 Å². The van der Waals surface area contributed by atoms with E-state index in [1.807, 2.05) is 6.07 Å². The Balaban J connectivity index is 2.04. The van der Waals surface area contributed by atoms with Gasteiger partial charge in [-0.05, 0) is 6.07 Å². The Hall–Kier alpha value is -1.04. The number of pyridine rings is 1. The molecule has 0 aliphatic carbocycles. The van der Waals surface area contributed by atoms with Crippen LogP contribution in [0.3, 0.4) is 0 Å². The topological polar surface area (TPSA) is 61.0 Å². The van der Waals surface area contributed by atoms with Gasteiger partial charge in [-0.2, -0.15) is 0 Å². The van der Waals surface area contributed by atoms with E-state index in [-0.39, 0.29) is 12.0 Å². The molecule has 0 amide bonds. The molecule has 2 aromatic heterocycles. The summed E-state index contributed by atoms with van der Waals surface area (Å²) >= 11 is 1.69. The van der Waals surface area contributed by atoms with Crippen LogP contribution in [0, 0.1) is 0 Å². The molecule has 0 saturated carbocycles. The number of hydrogen-bond acceptors (Lipinski definition) is 5. The molecule has 1 aliphatic rings. The zero-order valence-electron chi connectivity index (χ0n) is 8.09. The highest BCUT2D eigenvalue weighted by Crippen LogP contribution is 2.31. The summed E-state index contributed by atoms with van der Waals surface area (Å²) in [4.78, 5) is 8.59. The molecule has 1 saturated heterocycles. The van der Waals surface area contributed by atoms with Crippen molar-refractivity contribution in [1.29, 1.82) is 0 Å². The summed E-state index contributed by atoms with van der Waals surface area (Å²) in [6, 6.07) is 2.07. The van der Waals surface area contributed by atoms with E-state index in [2.05, 4.69) is 9.97 Å². The summed E-state index contributed by atoms with van der Waals surface area (Å²) in [5, 5.41) is 1.07. The van der Waals surface area contributed by atoms with Crippen molar-refractivity contribution in [2.45, 2.75) is 12.0 Å². The van der Waals surface area contributed by atoms with Crippen LogP contribution in [0.4, 0.5) is 0 Å². The number of fused-ring (bicyclic) bond motifs is 1. The molecule has 0 spiro atoms. The minimum atomic E-state index is 0.0820. The highest BCUT2D eigenvalue weighted by atomic mass is 32.1. The molecular formula is C10H11N3OS. The van der Waals surface area contributed by atoms with Gasteiger partial charge in [-0.1, -0.05) is 0 Å². The summed E-state index contributed by atoms with van der Waals surface area (Å²) in [6.45, 7) is 1.33. The average molecular weight is 221 g/mol. The quantitative estimate of drug-likeness (QED) is 0.784. The first-order valence-electron chi connectivity index (χ1n) is 4.88. The number of rotatable bonds is 1. The second-order valence-electron chi connectivity index (χ2n) is 3.70. The highest BCUT2D eigenvalue weighted by molar-refractivity contribution is 7.18. The van der Waals surface area contributed by atoms with E-state index in [1.165, 1.54) is 4.70 Å². The SMILES string of the molecule is NC1COCC1c1nc2cnccc2s1. The molecule has 2 aromatic rings. The predicted octanol–water partition coefficient (Wildman–Crippen LogP) is 1.13. The lowest BCUT2D eigenvalue weighted by Gasteiger charge is -2.08. The van der Waals surface area contributed by atoms with Gasteiger partial charge in [0.25, 0.3) is 0 Å². The monoisotopic (exact) mass is 221 g/mol. The maximum absolute atomic E-state index is 5.96. The Morgan fingerprint density at radius 3 is 3.13 bits per heavy atom. The number of ether oxygens (including phenoxy) is 1. The van der Waals surface area contributed by atoms with Gasteiger partial charge in [0.1, 0.15) is 5.01 Å². The van der Waals surface area contributed by atoms with Crippen LogP contribution < -0.4 is 5.73 Å². The first-order chi connectivity index (χ1) is 7.34. The Morgan fingerprint density at radius 2 is 2.40 bits per heavy atom. The average Bonchev–Trinajstić information content (AvgIpc) is 2.82. The van der Waals surface area contributed by atoms with Gasteiger partial charge < -0.3 is 10.5 Å². The highest BCUT2D eigenvalue weighted by Gasteiger charge is 2.29. The van der Waals surface area contributed by atoms with Gasteiger partial charge in [0, 0.05) is 12.2 Å². The van der Waals surface area contributed by atoms with Gasteiger partial charge in [0.15, 0.2) is 0 Å². The largest absolute Gasteiger partial charge is 0.379 e. The Bertz CT molecular complexity index is 451. The van der Waals surface area contributed by atoms with Gasteiger partial charge >= 0.3 is 0 Å². The van der Waals surface area contributed by atoms with Crippen molar-refractivity contribution in [1.82, 2.24) is 9.97 Å². The Morgan fingerprint density at radius 1 is 1.47 bits per heavy atom. The summed E-state index contributed by atoms with van der Waals surface area (Å²) in [5.41, 5.74) is 6.91. The molecule has 78 valence electrons. The van der Waals surface area contributed by atoms with E-state index in [4.69, 9.17) is 10.5 Å². The first-order valence-corrected chi connectivity index (χ1v) is 5.70. The van der Waals surface area contributed by atoms with Crippen LogP contribution >= 0.6 is 11.3 Å². The van der Waals surface area contributed by atoms with Crippen LogP contribution in [-0.2, 0) is 4.74 Å². The zero-order valence-corrected chi connectivity index (χ0v) is 8.91. The number of hydrogen-bond donors (Lipinski definition) is 1. The third kappa shape index (κ3) is 1.52. The molecule has 15 heavy (non-hydrogen) atoms. The van der Waals surface area contributed by atoms with Crippen molar-refractivity contribution in [2.75, 3.05) is 13.2 Å². The second kappa shape index (κ2) is 3.52. The summed E-state index contributed by atoms with van der Waals surface area (Å²) in [7, 11) is 0. The Kier molecular flexibility index (Phi) is 2.16. The molecule has 3 rings (SSSR count). The first kappa shape index (κ1) is 9.21.